The van der Waals surface area contributed by atoms with Gasteiger partial charge in [-0.1, -0.05) is 6.58 Å². The quantitative estimate of drug-likeness (QED) is 0.458. The molecule has 1 saturated heterocycles. The van der Waals surface area contributed by atoms with Crippen molar-refractivity contribution in [2.45, 2.75) is 50.3 Å². The highest BCUT2D eigenvalue weighted by Gasteiger charge is 2.79. The molecule has 1 aliphatic heterocycles. The molecule has 0 N–H and O–H groups in total. The first-order valence-corrected chi connectivity index (χ1v) is 12.0. The third kappa shape index (κ3) is 3.57. The molecule has 1 atom stereocenters. The number of hydrogen-bond acceptors (Lipinski definition) is 7. The molecule has 3 aliphatic carbocycles. The summed E-state index contributed by atoms with van der Waals surface area (Å²) < 4.78 is 75.4. The highest BCUT2D eigenvalue weighted by molar-refractivity contribution is 5.77. The highest BCUT2D eigenvalue weighted by atomic mass is 19.4. The second-order valence-corrected chi connectivity index (χ2v) is 10.6. The summed E-state index contributed by atoms with van der Waals surface area (Å²) >= 11 is 0. The van der Waals surface area contributed by atoms with E-state index in [0.29, 0.717) is 11.3 Å². The van der Waals surface area contributed by atoms with E-state index < -0.39 is 35.2 Å². The molecule has 13 heteroatoms. The molecule has 0 amide bonds. The number of aryl methyl sites for hydroxylation is 2. The van der Waals surface area contributed by atoms with Crippen LogP contribution < -0.4 is 10.5 Å². The van der Waals surface area contributed by atoms with Gasteiger partial charge in [0.2, 0.25) is 11.5 Å². The first kappa shape index (κ1) is 24.7. The largest absolute Gasteiger partial charge is 0.487 e. The molecule has 200 valence electrons. The normalized spacial score (nSPS) is 26.8. The lowest BCUT2D eigenvalue weighted by Crippen LogP contribution is -2.70. The van der Waals surface area contributed by atoms with Crippen LogP contribution in [0.15, 0.2) is 35.5 Å². The number of pyridine rings is 1. The van der Waals surface area contributed by atoms with E-state index in [1.807, 2.05) is 0 Å². The van der Waals surface area contributed by atoms with Crippen LogP contribution in [0.25, 0.3) is 11.2 Å². The lowest BCUT2D eigenvalue weighted by molar-refractivity contribution is -0.337. The summed E-state index contributed by atoms with van der Waals surface area (Å²) in [6, 6.07) is 3.07. The maximum atomic E-state index is 13.6. The number of halogens is 5. The lowest BCUT2D eigenvalue weighted by atomic mass is 9.34. The molecule has 2 bridgehead atoms. The average Bonchev–Trinajstić information content (AvgIpc) is 2.76. The van der Waals surface area contributed by atoms with Crippen LogP contribution in [0.1, 0.15) is 54.4 Å². The van der Waals surface area contributed by atoms with Crippen LogP contribution in [0.3, 0.4) is 0 Å². The molecular weight excluding hydrogens is 511 g/mol. The maximum absolute atomic E-state index is 13.6. The first-order valence-electron chi connectivity index (χ1n) is 12.0. The van der Waals surface area contributed by atoms with Gasteiger partial charge in [0.05, 0.1) is 29.9 Å². The van der Waals surface area contributed by atoms with Gasteiger partial charge in [0, 0.05) is 30.3 Å². The van der Waals surface area contributed by atoms with Gasteiger partial charge in [-0.15, -0.1) is 0 Å². The van der Waals surface area contributed by atoms with Crippen molar-refractivity contribution < 1.29 is 26.7 Å². The zero-order valence-corrected chi connectivity index (χ0v) is 20.5. The number of nitrogens with zero attached hydrogens (tertiary/aromatic N) is 6. The van der Waals surface area contributed by atoms with Crippen molar-refractivity contribution in [2.75, 3.05) is 18.0 Å². The van der Waals surface area contributed by atoms with Crippen LogP contribution in [0.4, 0.5) is 27.9 Å². The van der Waals surface area contributed by atoms with Crippen LogP contribution in [0.5, 0.6) is 0 Å². The lowest BCUT2D eigenvalue weighted by Gasteiger charge is -2.70. The van der Waals surface area contributed by atoms with Crippen molar-refractivity contribution >= 4 is 17.1 Å². The van der Waals surface area contributed by atoms with Gasteiger partial charge in [-0.05, 0) is 32.3 Å². The van der Waals surface area contributed by atoms with Gasteiger partial charge in [-0.25, -0.2) is 23.7 Å². The monoisotopic (exact) mass is 534 g/mol. The summed E-state index contributed by atoms with van der Waals surface area (Å²) in [7, 11) is 1.62. The summed E-state index contributed by atoms with van der Waals surface area (Å²) in [5, 5.41) is 0. The van der Waals surface area contributed by atoms with Gasteiger partial charge < -0.3 is 14.2 Å². The fraction of sp³-hybridized carbons (Fsp3) is 0.480. The second kappa shape index (κ2) is 7.93. The number of anilines is 1. The van der Waals surface area contributed by atoms with Crippen LogP contribution in [0.2, 0.25) is 0 Å². The SMILES string of the molecule is C=C1CN(c2nc(C34CC(C(F)(F)F)(C3)C4)c3nc(C(F)F)c(C)nc3n2)C[C@H](c2ccc(=O)n(C)c2)O1. The summed E-state index contributed by atoms with van der Waals surface area (Å²) in [4.78, 5) is 31.1. The Balaban J connectivity index is 1.43. The number of fused-ring (bicyclic) bond motifs is 1. The van der Waals surface area contributed by atoms with Crippen LogP contribution >= 0.6 is 0 Å². The van der Waals surface area contributed by atoms with Crippen molar-refractivity contribution in [2.24, 2.45) is 12.5 Å². The maximum Gasteiger partial charge on any atom is 0.394 e. The van der Waals surface area contributed by atoms with Crippen molar-refractivity contribution in [3.05, 3.63) is 63.7 Å². The number of morpholine rings is 1. The van der Waals surface area contributed by atoms with E-state index in [4.69, 9.17) is 4.74 Å². The van der Waals surface area contributed by atoms with E-state index in [0.717, 1.165) is 0 Å². The van der Waals surface area contributed by atoms with Crippen molar-refractivity contribution in [1.29, 1.82) is 0 Å². The molecule has 3 aromatic heterocycles. The van der Waals surface area contributed by atoms with E-state index >= 15 is 0 Å². The Labute approximate surface area is 213 Å². The van der Waals surface area contributed by atoms with Crippen molar-refractivity contribution in [1.82, 2.24) is 24.5 Å². The van der Waals surface area contributed by atoms with E-state index in [1.165, 1.54) is 17.6 Å². The topological polar surface area (TPSA) is 86.0 Å². The molecule has 7 rings (SSSR count). The Morgan fingerprint density at radius 1 is 1.13 bits per heavy atom. The molecule has 8 nitrogen and oxygen atoms in total. The fourth-order valence-corrected chi connectivity index (χ4v) is 5.97. The molecule has 4 aliphatic rings. The Morgan fingerprint density at radius 3 is 2.47 bits per heavy atom. The Kier molecular flexibility index (Phi) is 5.15. The molecule has 0 aromatic carbocycles. The molecular formula is C25H23F5N6O2. The number of rotatable bonds is 4. The Hall–Kier alpha value is -3.64. The van der Waals surface area contributed by atoms with Gasteiger partial charge >= 0.3 is 6.18 Å². The second-order valence-electron chi connectivity index (χ2n) is 10.6. The minimum atomic E-state index is -4.35. The van der Waals surface area contributed by atoms with Gasteiger partial charge in [0.25, 0.3) is 6.43 Å². The zero-order chi connectivity index (χ0) is 27.2. The Bertz CT molecular complexity index is 1530. The van der Waals surface area contributed by atoms with E-state index in [2.05, 4.69) is 26.5 Å². The predicted molar refractivity (Wildman–Crippen MR) is 126 cm³/mol. The molecule has 0 unspecified atom stereocenters. The zero-order valence-electron chi connectivity index (χ0n) is 20.5. The number of alkyl halides is 5. The molecule has 3 saturated carbocycles. The minimum absolute atomic E-state index is 0.00631. The van der Waals surface area contributed by atoms with E-state index in [1.54, 1.807) is 24.2 Å². The predicted octanol–water partition coefficient (Wildman–Crippen LogP) is 4.44. The van der Waals surface area contributed by atoms with Gasteiger partial charge in [0.1, 0.15) is 23.1 Å². The third-order valence-corrected chi connectivity index (χ3v) is 7.90. The first-order chi connectivity index (χ1) is 17.8. The van der Waals surface area contributed by atoms with Gasteiger partial charge in [0.15, 0.2) is 5.65 Å². The number of hydrogen-bond donors (Lipinski definition) is 0. The summed E-state index contributed by atoms with van der Waals surface area (Å²) in [6.45, 7) is 5.78. The van der Waals surface area contributed by atoms with Gasteiger partial charge in [-0.3, -0.25) is 4.79 Å². The van der Waals surface area contributed by atoms with Crippen LogP contribution in [-0.4, -0.2) is 43.8 Å². The van der Waals surface area contributed by atoms with E-state index in [-0.39, 0.29) is 66.4 Å². The van der Waals surface area contributed by atoms with Gasteiger partial charge in [-0.2, -0.15) is 18.2 Å². The van der Waals surface area contributed by atoms with E-state index in [9.17, 15) is 26.7 Å². The minimum Gasteiger partial charge on any atom is -0.487 e. The van der Waals surface area contributed by atoms with Crippen molar-refractivity contribution in [3.8, 4) is 0 Å². The smallest absolute Gasteiger partial charge is 0.394 e. The molecule has 3 aromatic rings. The summed E-state index contributed by atoms with van der Waals surface area (Å²) in [6.07, 6.45) is -6.65. The fourth-order valence-electron chi connectivity index (χ4n) is 5.97. The summed E-state index contributed by atoms with van der Waals surface area (Å²) in [5.41, 5.74) is -2.44. The van der Waals surface area contributed by atoms with Crippen LogP contribution in [-0.2, 0) is 17.2 Å². The number of aromatic nitrogens is 5. The standard InChI is InChI=1S/C25H23F5N6O2/c1-12-6-36(8-15(38-12)14-4-5-16(37)35(3)7-14)22-33-19(23-9-24(10-23,11-23)25(28,29)30)18-21(34-22)31-13(2)17(32-18)20(26)27/h4-5,7,15,20H,1,6,8-11H2,2-3H3/t15-,23?,24?/m1/s1. The molecule has 0 spiro atoms. The number of ether oxygens (including phenoxy) is 1. The summed E-state index contributed by atoms with van der Waals surface area (Å²) in [5.74, 6) is 0.577. The van der Waals surface area contributed by atoms with Crippen molar-refractivity contribution in [3.63, 3.8) is 0 Å². The Morgan fingerprint density at radius 2 is 1.84 bits per heavy atom. The molecule has 4 heterocycles. The highest BCUT2D eigenvalue weighted by Crippen LogP contribution is 2.78. The average molecular weight is 534 g/mol. The third-order valence-electron chi connectivity index (χ3n) is 7.90. The van der Waals surface area contributed by atoms with Crippen LogP contribution in [0, 0.1) is 12.3 Å². The molecule has 38 heavy (non-hydrogen) atoms. The molecule has 0 radical (unpaired) electrons. The molecule has 4 fully saturated rings.